The molecule has 5 heteroatoms. The number of piperidine rings is 1. The van der Waals surface area contributed by atoms with E-state index in [-0.39, 0.29) is 24.2 Å². The number of benzene rings is 1. The van der Waals surface area contributed by atoms with Crippen LogP contribution < -0.4 is 5.73 Å². The van der Waals surface area contributed by atoms with Gasteiger partial charge in [0.2, 0.25) is 5.91 Å². The Balaban J connectivity index is 2.10. The highest BCUT2D eigenvalue weighted by atomic mass is 32.1. The summed E-state index contributed by atoms with van der Waals surface area (Å²) in [4.78, 5) is 14.3. The van der Waals surface area contributed by atoms with Crippen molar-refractivity contribution in [3.63, 3.8) is 0 Å². The minimum Gasteiger partial charge on any atom is -0.392 e. The summed E-state index contributed by atoms with van der Waals surface area (Å²) in [5.41, 5.74) is 6.10. The maximum atomic E-state index is 13.6. The number of halogens is 1. The Morgan fingerprint density at radius 3 is 2.84 bits per heavy atom. The van der Waals surface area contributed by atoms with Crippen LogP contribution in [0.15, 0.2) is 24.3 Å². The average Bonchev–Trinajstić information content (AvgIpc) is 2.41. The Kier molecular flexibility index (Phi) is 4.47. The van der Waals surface area contributed by atoms with Gasteiger partial charge in [-0.3, -0.25) is 4.79 Å². The number of rotatable bonds is 3. The van der Waals surface area contributed by atoms with Crippen molar-refractivity contribution < 1.29 is 9.18 Å². The summed E-state index contributed by atoms with van der Waals surface area (Å²) in [6.07, 6.45) is 2.83. The molecule has 2 rings (SSSR count). The molecule has 0 radical (unpaired) electrons. The van der Waals surface area contributed by atoms with E-state index in [0.29, 0.717) is 17.1 Å². The van der Waals surface area contributed by atoms with Crippen molar-refractivity contribution in [3.8, 4) is 0 Å². The molecule has 1 aliphatic rings. The zero-order chi connectivity index (χ0) is 13.8. The van der Waals surface area contributed by atoms with Crippen molar-refractivity contribution in [1.29, 1.82) is 0 Å². The van der Waals surface area contributed by atoms with Gasteiger partial charge in [-0.15, -0.1) is 0 Å². The third-order valence-electron chi connectivity index (χ3n) is 3.45. The lowest BCUT2D eigenvalue weighted by Crippen LogP contribution is -2.50. The van der Waals surface area contributed by atoms with Crippen LogP contribution in [0, 0.1) is 5.82 Å². The largest absolute Gasteiger partial charge is 0.392 e. The normalized spacial score (nSPS) is 19.2. The molecule has 2 N–H and O–H groups in total. The first-order chi connectivity index (χ1) is 9.09. The van der Waals surface area contributed by atoms with Crippen molar-refractivity contribution in [1.82, 2.24) is 4.90 Å². The molecule has 1 aliphatic heterocycles. The average molecular weight is 280 g/mol. The number of thiocarbonyl (C=S) groups is 1. The number of nitrogens with zero attached hydrogens (tertiary/aromatic N) is 1. The first-order valence-electron chi connectivity index (χ1n) is 6.42. The van der Waals surface area contributed by atoms with E-state index in [0.717, 1.165) is 19.3 Å². The molecule has 0 saturated carbocycles. The second kappa shape index (κ2) is 6.10. The first-order valence-corrected chi connectivity index (χ1v) is 6.82. The molecule has 1 fully saturated rings. The summed E-state index contributed by atoms with van der Waals surface area (Å²) < 4.78 is 13.6. The number of nitrogens with two attached hydrogens (primary N) is 1. The fraction of sp³-hybridized carbons (Fsp3) is 0.429. The maximum absolute atomic E-state index is 13.6. The Hall–Kier alpha value is -1.49. The quantitative estimate of drug-likeness (QED) is 0.862. The molecule has 0 bridgehead atoms. The van der Waals surface area contributed by atoms with E-state index in [1.54, 1.807) is 23.1 Å². The molecule has 3 nitrogen and oxygen atoms in total. The van der Waals surface area contributed by atoms with Crippen LogP contribution in [0.25, 0.3) is 0 Å². The molecular formula is C14H17FN2OS. The van der Waals surface area contributed by atoms with E-state index in [1.807, 2.05) is 0 Å². The number of amides is 1. The van der Waals surface area contributed by atoms with Gasteiger partial charge in [-0.1, -0.05) is 30.4 Å². The molecule has 1 heterocycles. The minimum absolute atomic E-state index is 0.0613. The van der Waals surface area contributed by atoms with E-state index in [9.17, 15) is 9.18 Å². The zero-order valence-electron chi connectivity index (χ0n) is 10.6. The number of hydrogen-bond acceptors (Lipinski definition) is 2. The number of carbonyl (C=O) groups is 1. The van der Waals surface area contributed by atoms with Crippen LogP contribution in [0.2, 0.25) is 0 Å². The van der Waals surface area contributed by atoms with Gasteiger partial charge >= 0.3 is 0 Å². The van der Waals surface area contributed by atoms with Gasteiger partial charge in [0, 0.05) is 6.54 Å². The summed E-state index contributed by atoms with van der Waals surface area (Å²) in [5.74, 6) is -0.456. The molecule has 0 aliphatic carbocycles. The Morgan fingerprint density at radius 1 is 1.42 bits per heavy atom. The number of carbonyl (C=O) groups excluding carboxylic acids is 1. The van der Waals surface area contributed by atoms with Crippen molar-refractivity contribution in [3.05, 3.63) is 35.6 Å². The lowest BCUT2D eigenvalue weighted by Gasteiger charge is -2.35. The van der Waals surface area contributed by atoms with Crippen molar-refractivity contribution in [2.75, 3.05) is 6.54 Å². The van der Waals surface area contributed by atoms with Crippen LogP contribution in [-0.2, 0) is 11.2 Å². The molecule has 1 unspecified atom stereocenters. The molecule has 1 aromatic rings. The van der Waals surface area contributed by atoms with Gasteiger partial charge < -0.3 is 10.6 Å². The standard InChI is InChI=1S/C14H17FN2OS/c15-11-6-2-1-5-10(11)9-13(18)17-8-4-3-7-12(17)14(16)19/h1-2,5-6,12H,3-4,7-9H2,(H2,16,19). The van der Waals surface area contributed by atoms with E-state index in [4.69, 9.17) is 18.0 Å². The Labute approximate surface area is 117 Å². The molecule has 1 aromatic carbocycles. The van der Waals surface area contributed by atoms with E-state index >= 15 is 0 Å². The van der Waals surface area contributed by atoms with Crippen LogP contribution in [0.3, 0.4) is 0 Å². The summed E-state index contributed by atoms with van der Waals surface area (Å²) in [7, 11) is 0. The molecule has 102 valence electrons. The van der Waals surface area contributed by atoms with Gasteiger partial charge in [-0.2, -0.15) is 0 Å². The molecule has 0 aromatic heterocycles. The molecular weight excluding hydrogens is 263 g/mol. The van der Waals surface area contributed by atoms with Crippen molar-refractivity contribution >= 4 is 23.1 Å². The minimum atomic E-state index is -0.347. The Bertz CT molecular complexity index is 492. The topological polar surface area (TPSA) is 46.3 Å². The van der Waals surface area contributed by atoms with Gasteiger partial charge in [0.15, 0.2) is 0 Å². The van der Waals surface area contributed by atoms with Gasteiger partial charge in [0.1, 0.15) is 5.82 Å². The summed E-state index contributed by atoms with van der Waals surface area (Å²) in [6.45, 7) is 0.648. The van der Waals surface area contributed by atoms with Crippen LogP contribution in [0.4, 0.5) is 4.39 Å². The second-order valence-electron chi connectivity index (χ2n) is 4.77. The molecule has 19 heavy (non-hydrogen) atoms. The molecule has 1 amide bonds. The predicted octanol–water partition coefficient (Wildman–Crippen LogP) is 2.04. The Morgan fingerprint density at radius 2 is 2.16 bits per heavy atom. The SMILES string of the molecule is NC(=S)C1CCCCN1C(=O)Cc1ccccc1F. The smallest absolute Gasteiger partial charge is 0.227 e. The van der Waals surface area contributed by atoms with Crippen LogP contribution in [0.5, 0.6) is 0 Å². The summed E-state index contributed by atoms with van der Waals surface area (Å²) >= 11 is 5.01. The van der Waals surface area contributed by atoms with Crippen molar-refractivity contribution in [2.24, 2.45) is 5.73 Å². The fourth-order valence-electron chi connectivity index (χ4n) is 2.43. The maximum Gasteiger partial charge on any atom is 0.227 e. The third kappa shape index (κ3) is 3.29. The molecule has 1 saturated heterocycles. The van der Waals surface area contributed by atoms with Crippen molar-refractivity contribution in [2.45, 2.75) is 31.7 Å². The predicted molar refractivity (Wildman–Crippen MR) is 76.2 cm³/mol. The number of likely N-dealkylation sites (tertiary alicyclic amines) is 1. The zero-order valence-corrected chi connectivity index (χ0v) is 11.5. The monoisotopic (exact) mass is 280 g/mol. The highest BCUT2D eigenvalue weighted by Crippen LogP contribution is 2.19. The number of hydrogen-bond donors (Lipinski definition) is 1. The van der Waals surface area contributed by atoms with Crippen LogP contribution in [0.1, 0.15) is 24.8 Å². The highest BCUT2D eigenvalue weighted by molar-refractivity contribution is 7.80. The van der Waals surface area contributed by atoms with Crippen LogP contribution in [-0.4, -0.2) is 28.4 Å². The van der Waals surface area contributed by atoms with Gasteiger partial charge in [-0.25, -0.2) is 4.39 Å². The fourth-order valence-corrected chi connectivity index (χ4v) is 2.68. The first kappa shape index (κ1) is 13.9. The summed E-state index contributed by atoms with van der Waals surface area (Å²) in [5, 5.41) is 0. The molecule has 0 spiro atoms. The van der Waals surface area contributed by atoms with E-state index in [1.165, 1.54) is 6.07 Å². The van der Waals surface area contributed by atoms with E-state index in [2.05, 4.69) is 0 Å². The summed E-state index contributed by atoms with van der Waals surface area (Å²) in [6, 6.07) is 6.16. The lowest BCUT2D eigenvalue weighted by atomic mass is 10.0. The molecule has 1 atom stereocenters. The van der Waals surface area contributed by atoms with Gasteiger partial charge in [0.05, 0.1) is 17.5 Å². The van der Waals surface area contributed by atoms with Gasteiger partial charge in [-0.05, 0) is 30.9 Å². The van der Waals surface area contributed by atoms with Gasteiger partial charge in [0.25, 0.3) is 0 Å². The highest BCUT2D eigenvalue weighted by Gasteiger charge is 2.28. The lowest BCUT2D eigenvalue weighted by molar-refractivity contribution is -0.132. The van der Waals surface area contributed by atoms with Crippen LogP contribution >= 0.6 is 12.2 Å². The van der Waals surface area contributed by atoms with E-state index < -0.39 is 0 Å². The third-order valence-corrected chi connectivity index (χ3v) is 3.72. The second-order valence-corrected chi connectivity index (χ2v) is 5.24.